The topological polar surface area (TPSA) is 101 Å². The van der Waals surface area contributed by atoms with Crippen LogP contribution < -0.4 is 14.8 Å². The SMILES string of the molecule is COc1ccc(Cl)cc1NC(=O)C1CC(c2ccco2)NS(=O)(=O)N1C. The van der Waals surface area contributed by atoms with E-state index in [0.717, 1.165) is 4.31 Å². The smallest absolute Gasteiger partial charge is 0.280 e. The minimum atomic E-state index is -3.84. The number of benzene rings is 1. The summed E-state index contributed by atoms with van der Waals surface area (Å²) in [5.74, 6) is 0.374. The molecule has 0 saturated carbocycles. The molecule has 0 radical (unpaired) electrons. The van der Waals surface area contributed by atoms with Gasteiger partial charge in [-0.1, -0.05) is 11.6 Å². The maximum Gasteiger partial charge on any atom is 0.280 e. The molecule has 1 aromatic heterocycles. The highest BCUT2D eigenvalue weighted by Crippen LogP contribution is 2.31. The molecule has 1 aliphatic rings. The number of ether oxygens (including phenoxy) is 1. The molecule has 1 fully saturated rings. The quantitative estimate of drug-likeness (QED) is 0.820. The van der Waals surface area contributed by atoms with Crippen molar-refractivity contribution in [2.24, 2.45) is 0 Å². The fourth-order valence-electron chi connectivity index (χ4n) is 2.78. The zero-order valence-electron chi connectivity index (χ0n) is 14.1. The number of rotatable bonds is 4. The second-order valence-corrected chi connectivity index (χ2v) is 7.99. The van der Waals surface area contributed by atoms with Crippen molar-refractivity contribution in [1.29, 1.82) is 0 Å². The monoisotopic (exact) mass is 399 g/mol. The third kappa shape index (κ3) is 3.70. The number of carbonyl (C=O) groups is 1. The van der Waals surface area contributed by atoms with Gasteiger partial charge in [0, 0.05) is 12.1 Å². The number of carbonyl (C=O) groups excluding carboxylic acids is 1. The predicted molar refractivity (Wildman–Crippen MR) is 96.3 cm³/mol. The average Bonchev–Trinajstić information content (AvgIpc) is 3.12. The summed E-state index contributed by atoms with van der Waals surface area (Å²) in [5, 5.41) is 3.11. The minimum absolute atomic E-state index is 0.206. The van der Waals surface area contributed by atoms with Gasteiger partial charge in [0.2, 0.25) is 5.91 Å². The zero-order valence-corrected chi connectivity index (χ0v) is 15.7. The number of hydrogen-bond donors (Lipinski definition) is 2. The minimum Gasteiger partial charge on any atom is -0.495 e. The first-order valence-corrected chi connectivity index (χ1v) is 9.56. The number of nitrogens with zero attached hydrogens (tertiary/aromatic N) is 1. The highest BCUT2D eigenvalue weighted by atomic mass is 35.5. The Morgan fingerprint density at radius 2 is 2.19 bits per heavy atom. The second-order valence-electron chi connectivity index (χ2n) is 5.79. The van der Waals surface area contributed by atoms with Crippen molar-refractivity contribution in [2.45, 2.75) is 18.5 Å². The Balaban J connectivity index is 1.86. The summed E-state index contributed by atoms with van der Waals surface area (Å²) in [5.41, 5.74) is 0.365. The standard InChI is InChI=1S/C16H18ClN3O5S/c1-20-13(9-12(19-26(20,22)23)15-4-3-7-25-15)16(21)18-11-8-10(17)5-6-14(11)24-2/h3-8,12-13,19H,9H2,1-2H3,(H,18,21). The van der Waals surface area contributed by atoms with E-state index < -0.39 is 28.2 Å². The van der Waals surface area contributed by atoms with E-state index >= 15 is 0 Å². The van der Waals surface area contributed by atoms with Crippen LogP contribution in [0.1, 0.15) is 18.2 Å². The summed E-state index contributed by atoms with van der Waals surface area (Å²) in [4.78, 5) is 12.8. The van der Waals surface area contributed by atoms with Gasteiger partial charge >= 0.3 is 0 Å². The van der Waals surface area contributed by atoms with Crippen molar-refractivity contribution in [3.63, 3.8) is 0 Å². The highest BCUT2D eigenvalue weighted by molar-refractivity contribution is 7.87. The van der Waals surface area contributed by atoms with Gasteiger partial charge in [-0.15, -0.1) is 0 Å². The predicted octanol–water partition coefficient (Wildman–Crippen LogP) is 2.16. The molecule has 1 amide bonds. The molecule has 10 heteroatoms. The van der Waals surface area contributed by atoms with Crippen molar-refractivity contribution in [3.05, 3.63) is 47.4 Å². The molecule has 2 unspecified atom stereocenters. The van der Waals surface area contributed by atoms with E-state index in [1.807, 2.05) is 0 Å². The largest absolute Gasteiger partial charge is 0.495 e. The molecule has 2 aromatic rings. The number of halogens is 1. The molecule has 0 spiro atoms. The Kier molecular flexibility index (Phi) is 5.24. The van der Waals surface area contributed by atoms with Crippen LogP contribution in [0.25, 0.3) is 0 Å². The lowest BCUT2D eigenvalue weighted by atomic mass is 10.0. The van der Waals surface area contributed by atoms with Crippen LogP contribution in [0.2, 0.25) is 5.02 Å². The molecule has 140 valence electrons. The van der Waals surface area contributed by atoms with Gasteiger partial charge in [0.15, 0.2) is 0 Å². The van der Waals surface area contributed by atoms with Crippen LogP contribution in [0.15, 0.2) is 41.0 Å². The Bertz CT molecular complexity index is 901. The molecule has 0 bridgehead atoms. The van der Waals surface area contributed by atoms with E-state index in [2.05, 4.69) is 10.0 Å². The van der Waals surface area contributed by atoms with Crippen LogP contribution in [0.3, 0.4) is 0 Å². The maximum absolute atomic E-state index is 12.8. The van der Waals surface area contributed by atoms with E-state index in [-0.39, 0.29) is 6.42 Å². The lowest BCUT2D eigenvalue weighted by Crippen LogP contribution is -2.55. The third-order valence-corrected chi connectivity index (χ3v) is 6.01. The average molecular weight is 400 g/mol. The zero-order chi connectivity index (χ0) is 18.9. The normalized spacial score (nSPS) is 22.7. The van der Waals surface area contributed by atoms with Gasteiger partial charge in [-0.05, 0) is 36.8 Å². The summed E-state index contributed by atoms with van der Waals surface area (Å²) < 4.78 is 38.8. The molecule has 3 rings (SSSR count). The van der Waals surface area contributed by atoms with E-state index in [0.29, 0.717) is 22.2 Å². The summed E-state index contributed by atoms with van der Waals surface area (Å²) in [7, 11) is -1.03. The van der Waals surface area contributed by atoms with Gasteiger partial charge in [0.1, 0.15) is 17.6 Å². The first kappa shape index (κ1) is 18.7. The van der Waals surface area contributed by atoms with Crippen LogP contribution in [0.5, 0.6) is 5.75 Å². The van der Waals surface area contributed by atoms with E-state index in [9.17, 15) is 13.2 Å². The Labute approximate surface area is 156 Å². The number of furan rings is 1. The van der Waals surface area contributed by atoms with Gasteiger partial charge in [0.05, 0.1) is 25.1 Å². The third-order valence-electron chi connectivity index (χ3n) is 4.18. The molecular formula is C16H18ClN3O5S. The van der Waals surface area contributed by atoms with Crippen LogP contribution in [-0.4, -0.2) is 38.8 Å². The molecule has 1 saturated heterocycles. The Morgan fingerprint density at radius 1 is 1.42 bits per heavy atom. The molecule has 2 heterocycles. The van der Waals surface area contributed by atoms with Gasteiger partial charge in [-0.3, -0.25) is 4.79 Å². The first-order chi connectivity index (χ1) is 12.3. The van der Waals surface area contributed by atoms with Gasteiger partial charge < -0.3 is 14.5 Å². The summed E-state index contributed by atoms with van der Waals surface area (Å²) >= 11 is 5.97. The van der Waals surface area contributed by atoms with Crippen molar-refractivity contribution < 1.29 is 22.4 Å². The van der Waals surface area contributed by atoms with Gasteiger partial charge in [-0.2, -0.15) is 17.4 Å². The van der Waals surface area contributed by atoms with Crippen LogP contribution >= 0.6 is 11.6 Å². The van der Waals surface area contributed by atoms with Gasteiger partial charge in [0.25, 0.3) is 10.2 Å². The molecule has 26 heavy (non-hydrogen) atoms. The summed E-state index contributed by atoms with van der Waals surface area (Å²) in [6.45, 7) is 0. The van der Waals surface area contributed by atoms with E-state index in [1.165, 1.54) is 26.5 Å². The molecular weight excluding hydrogens is 382 g/mol. The molecule has 2 N–H and O–H groups in total. The van der Waals surface area contributed by atoms with E-state index in [1.54, 1.807) is 24.3 Å². The second kappa shape index (κ2) is 7.28. The van der Waals surface area contributed by atoms with E-state index in [4.69, 9.17) is 20.8 Å². The number of nitrogens with one attached hydrogen (secondary N) is 2. The molecule has 1 aromatic carbocycles. The van der Waals surface area contributed by atoms with Crippen molar-refractivity contribution >= 4 is 33.4 Å². The van der Waals surface area contributed by atoms with Gasteiger partial charge in [-0.25, -0.2) is 0 Å². The number of methoxy groups -OCH3 is 1. The molecule has 8 nitrogen and oxygen atoms in total. The molecule has 0 aliphatic carbocycles. The maximum atomic E-state index is 12.8. The Hall–Kier alpha value is -2.07. The van der Waals surface area contributed by atoms with Crippen LogP contribution in [0.4, 0.5) is 5.69 Å². The highest BCUT2D eigenvalue weighted by Gasteiger charge is 2.41. The number of anilines is 1. The number of likely N-dealkylation sites (N-methyl/N-ethyl adjacent to an activating group) is 1. The molecule has 2 atom stereocenters. The fraction of sp³-hybridized carbons (Fsp3) is 0.312. The summed E-state index contributed by atoms with van der Waals surface area (Å²) in [6, 6.07) is 6.54. The Morgan fingerprint density at radius 3 is 2.85 bits per heavy atom. The first-order valence-electron chi connectivity index (χ1n) is 7.75. The molecule has 1 aliphatic heterocycles. The van der Waals surface area contributed by atoms with Crippen LogP contribution in [0, 0.1) is 0 Å². The lowest BCUT2D eigenvalue weighted by Gasteiger charge is -2.35. The number of amides is 1. The number of hydrogen-bond acceptors (Lipinski definition) is 5. The van der Waals surface area contributed by atoms with Crippen LogP contribution in [-0.2, 0) is 15.0 Å². The van der Waals surface area contributed by atoms with Crippen molar-refractivity contribution in [3.8, 4) is 5.75 Å². The van der Waals surface area contributed by atoms with Crippen molar-refractivity contribution in [2.75, 3.05) is 19.5 Å². The summed E-state index contributed by atoms with van der Waals surface area (Å²) in [6.07, 6.45) is 1.66. The van der Waals surface area contributed by atoms with Crippen molar-refractivity contribution in [1.82, 2.24) is 9.03 Å². The lowest BCUT2D eigenvalue weighted by molar-refractivity contribution is -0.120. The fourth-order valence-corrected chi connectivity index (χ4v) is 4.21.